The predicted molar refractivity (Wildman–Crippen MR) is 143 cm³/mol. The van der Waals surface area contributed by atoms with Gasteiger partial charge in [-0.2, -0.15) is 0 Å². The van der Waals surface area contributed by atoms with Crippen molar-refractivity contribution in [3.63, 3.8) is 0 Å². The van der Waals surface area contributed by atoms with E-state index in [4.69, 9.17) is 4.74 Å². The fourth-order valence-corrected chi connectivity index (χ4v) is 5.46. The molecule has 1 unspecified atom stereocenters. The number of nitrogens with zero attached hydrogens (tertiary/aromatic N) is 4. The van der Waals surface area contributed by atoms with E-state index >= 15 is 0 Å². The van der Waals surface area contributed by atoms with E-state index in [0.29, 0.717) is 18.9 Å². The van der Waals surface area contributed by atoms with Crippen LogP contribution in [-0.4, -0.2) is 75.7 Å². The summed E-state index contributed by atoms with van der Waals surface area (Å²) in [6.45, 7) is 9.04. The lowest BCUT2D eigenvalue weighted by Crippen LogP contribution is -2.44. The fraction of sp³-hybridized carbons (Fsp3) is 0.630. The molecule has 1 aromatic carbocycles. The summed E-state index contributed by atoms with van der Waals surface area (Å²) in [6, 6.07) is 5.26. The lowest BCUT2D eigenvalue weighted by Gasteiger charge is -2.33. The number of carbonyl (C=O) groups excluding carboxylic acids is 3. The largest absolute Gasteiger partial charge is 0.444 e. The van der Waals surface area contributed by atoms with Crippen molar-refractivity contribution < 1.29 is 20.5 Å². The molecule has 2 aliphatic rings. The minimum absolute atomic E-state index is 0. The zero-order valence-corrected chi connectivity index (χ0v) is 22.6. The summed E-state index contributed by atoms with van der Waals surface area (Å²) in [5, 5.41) is 2.37. The van der Waals surface area contributed by atoms with Crippen molar-refractivity contribution >= 4 is 28.9 Å². The van der Waals surface area contributed by atoms with Crippen molar-refractivity contribution in [3.8, 4) is 0 Å². The summed E-state index contributed by atoms with van der Waals surface area (Å²) in [4.78, 5) is 53.6. The van der Waals surface area contributed by atoms with Gasteiger partial charge in [0.15, 0.2) is 0 Å². The van der Waals surface area contributed by atoms with Gasteiger partial charge in [-0.3, -0.25) is 24.0 Å². The van der Waals surface area contributed by atoms with Gasteiger partial charge >= 0.3 is 11.8 Å². The van der Waals surface area contributed by atoms with E-state index in [1.54, 1.807) is 28.1 Å². The van der Waals surface area contributed by atoms with E-state index in [1.165, 1.54) is 0 Å². The molecule has 204 valence electrons. The number of aromatic nitrogens is 2. The standard InChI is InChI=1S/C27H39N5O5.H2/c1-27(2,3)37-26(36)29(4)14-7-15-31-16-12-18(13-17-31)19-8-6-9-20-23(19)30(5)25(35)32(20)21-10-11-22(33)28-24(21)34;/h6,8-9,18,21H,7,10-17H2,1-5H3,(H,28,33,34);1H. The van der Waals surface area contributed by atoms with E-state index < -0.39 is 17.6 Å². The maximum atomic E-state index is 13.2. The molecule has 3 heterocycles. The number of nitrogens with one attached hydrogen (secondary N) is 1. The van der Waals surface area contributed by atoms with Crippen LogP contribution in [0, 0.1) is 0 Å². The highest BCUT2D eigenvalue weighted by molar-refractivity contribution is 6.00. The molecule has 2 saturated heterocycles. The van der Waals surface area contributed by atoms with Crippen molar-refractivity contribution in [2.45, 2.75) is 70.4 Å². The molecule has 10 heteroatoms. The Morgan fingerprint density at radius 3 is 2.51 bits per heavy atom. The molecule has 3 amide bonds. The number of rotatable bonds is 6. The van der Waals surface area contributed by atoms with Crippen molar-refractivity contribution in [1.82, 2.24) is 24.3 Å². The first kappa shape index (κ1) is 26.9. The van der Waals surface area contributed by atoms with E-state index in [2.05, 4.69) is 16.3 Å². The molecule has 1 N–H and O–H groups in total. The topological polar surface area (TPSA) is 106 Å². The van der Waals surface area contributed by atoms with Gasteiger partial charge in [0, 0.05) is 28.5 Å². The van der Waals surface area contributed by atoms with Crippen LogP contribution in [0.4, 0.5) is 4.79 Å². The molecule has 2 aliphatic heterocycles. The van der Waals surface area contributed by atoms with Gasteiger partial charge in [-0.15, -0.1) is 0 Å². The normalized spacial score (nSPS) is 19.8. The summed E-state index contributed by atoms with van der Waals surface area (Å²) < 4.78 is 8.62. The maximum absolute atomic E-state index is 13.2. The van der Waals surface area contributed by atoms with Crippen molar-refractivity contribution in [3.05, 3.63) is 34.2 Å². The Morgan fingerprint density at radius 1 is 1.16 bits per heavy atom. The van der Waals surface area contributed by atoms with Crippen LogP contribution in [0.2, 0.25) is 0 Å². The van der Waals surface area contributed by atoms with Gasteiger partial charge in [0.25, 0.3) is 0 Å². The summed E-state index contributed by atoms with van der Waals surface area (Å²) >= 11 is 0. The van der Waals surface area contributed by atoms with Crippen LogP contribution in [0.5, 0.6) is 0 Å². The highest BCUT2D eigenvalue weighted by Crippen LogP contribution is 2.34. The first-order valence-corrected chi connectivity index (χ1v) is 13.2. The third kappa shape index (κ3) is 5.89. The molecule has 0 saturated carbocycles. The van der Waals surface area contributed by atoms with E-state index in [0.717, 1.165) is 55.5 Å². The van der Waals surface area contributed by atoms with E-state index in [1.807, 2.05) is 32.9 Å². The molecular weight excluding hydrogens is 474 g/mol. The highest BCUT2D eigenvalue weighted by atomic mass is 16.6. The number of ether oxygens (including phenoxy) is 1. The number of carbonyl (C=O) groups is 3. The quantitative estimate of drug-likeness (QED) is 0.593. The van der Waals surface area contributed by atoms with Crippen molar-refractivity contribution in [2.24, 2.45) is 7.05 Å². The number of amides is 3. The first-order chi connectivity index (χ1) is 17.5. The molecule has 2 aromatic rings. The average Bonchev–Trinajstić information content (AvgIpc) is 3.08. The highest BCUT2D eigenvalue weighted by Gasteiger charge is 2.32. The number of hydrogen-bond donors (Lipinski definition) is 1. The van der Waals surface area contributed by atoms with Gasteiger partial charge in [-0.1, -0.05) is 12.1 Å². The number of likely N-dealkylation sites (tertiary alicyclic amines) is 1. The number of imide groups is 1. The number of para-hydroxylation sites is 1. The van der Waals surface area contributed by atoms with Crippen LogP contribution in [-0.2, 0) is 21.4 Å². The molecule has 1 aromatic heterocycles. The summed E-state index contributed by atoms with van der Waals surface area (Å²) in [5.74, 6) is -0.395. The molecule has 1 atom stereocenters. The Labute approximate surface area is 219 Å². The number of fused-ring (bicyclic) bond motifs is 1. The molecule has 10 nitrogen and oxygen atoms in total. The predicted octanol–water partition coefficient (Wildman–Crippen LogP) is 3.00. The number of hydrogen-bond acceptors (Lipinski definition) is 6. The van der Waals surface area contributed by atoms with Gasteiger partial charge in [-0.05, 0) is 83.6 Å². The second-order valence-electron chi connectivity index (χ2n) is 11.3. The molecule has 0 aliphatic carbocycles. The van der Waals surface area contributed by atoms with E-state index in [-0.39, 0.29) is 25.5 Å². The Morgan fingerprint density at radius 2 is 1.86 bits per heavy atom. The smallest absolute Gasteiger partial charge is 0.410 e. The summed E-state index contributed by atoms with van der Waals surface area (Å²) in [5.41, 5.74) is 2.01. The van der Waals surface area contributed by atoms with Gasteiger partial charge in [0.2, 0.25) is 11.8 Å². The monoisotopic (exact) mass is 515 g/mol. The summed E-state index contributed by atoms with van der Waals surface area (Å²) in [6.07, 6.45) is 3.08. The minimum Gasteiger partial charge on any atom is -0.444 e. The number of piperidine rings is 2. The van der Waals surface area contributed by atoms with Gasteiger partial charge < -0.3 is 14.5 Å². The minimum atomic E-state index is -0.676. The molecule has 37 heavy (non-hydrogen) atoms. The SMILES string of the molecule is CN(CCCN1CCC(c2cccc3c2n(C)c(=O)n3C2CCC(=O)NC2=O)CC1)C(=O)OC(C)(C)C.[HH]. The zero-order valence-electron chi connectivity index (χ0n) is 22.6. The van der Waals surface area contributed by atoms with Crippen LogP contribution in [0.15, 0.2) is 23.0 Å². The molecule has 0 bridgehead atoms. The second-order valence-corrected chi connectivity index (χ2v) is 11.3. The van der Waals surface area contributed by atoms with Gasteiger partial charge in [0.05, 0.1) is 11.0 Å². The van der Waals surface area contributed by atoms with Crippen LogP contribution in [0.3, 0.4) is 0 Å². The first-order valence-electron chi connectivity index (χ1n) is 13.2. The van der Waals surface area contributed by atoms with Crippen LogP contribution < -0.4 is 11.0 Å². The Balaban J connectivity index is 0.00000400. The third-order valence-corrected chi connectivity index (χ3v) is 7.36. The Hall–Kier alpha value is -3.14. The zero-order chi connectivity index (χ0) is 26.9. The van der Waals surface area contributed by atoms with Crippen LogP contribution in [0.25, 0.3) is 11.0 Å². The average molecular weight is 516 g/mol. The van der Waals surface area contributed by atoms with Crippen molar-refractivity contribution in [2.75, 3.05) is 33.2 Å². The molecular formula is C27H41N5O5. The Kier molecular flexibility index (Phi) is 7.77. The Bertz CT molecular complexity index is 1240. The second kappa shape index (κ2) is 10.7. The number of aryl methyl sites for hydroxylation is 1. The van der Waals surface area contributed by atoms with Crippen LogP contribution in [0.1, 0.15) is 71.8 Å². The number of benzene rings is 1. The number of imidazole rings is 1. The molecule has 0 radical (unpaired) electrons. The lowest BCUT2D eigenvalue weighted by atomic mass is 9.88. The van der Waals surface area contributed by atoms with E-state index in [9.17, 15) is 19.2 Å². The van der Waals surface area contributed by atoms with Crippen LogP contribution >= 0.6 is 0 Å². The fourth-order valence-electron chi connectivity index (χ4n) is 5.46. The lowest BCUT2D eigenvalue weighted by molar-refractivity contribution is -0.135. The van der Waals surface area contributed by atoms with Crippen molar-refractivity contribution in [1.29, 1.82) is 0 Å². The molecule has 4 rings (SSSR count). The molecule has 0 spiro atoms. The van der Waals surface area contributed by atoms with Gasteiger partial charge in [0.1, 0.15) is 11.6 Å². The maximum Gasteiger partial charge on any atom is 0.410 e. The summed E-state index contributed by atoms with van der Waals surface area (Å²) in [7, 11) is 3.53. The molecule has 2 fully saturated rings. The third-order valence-electron chi connectivity index (χ3n) is 7.36. The van der Waals surface area contributed by atoms with Gasteiger partial charge in [-0.25, -0.2) is 9.59 Å².